The Bertz CT molecular complexity index is 1310. The SMILES string of the molecule is COc1ccc(C(=O)Oc2ccc(/C=C(\C#N)C(=O)Nc3ccc([N+](=O)[O-])cc3Br)cc2)cc1. The molecule has 170 valence electrons. The van der Waals surface area contributed by atoms with E-state index in [0.29, 0.717) is 21.3 Å². The number of amides is 1. The zero-order valence-electron chi connectivity index (χ0n) is 17.7. The van der Waals surface area contributed by atoms with Gasteiger partial charge in [-0.15, -0.1) is 0 Å². The molecule has 0 saturated carbocycles. The van der Waals surface area contributed by atoms with Crippen LogP contribution in [-0.4, -0.2) is 23.9 Å². The van der Waals surface area contributed by atoms with Crippen LogP contribution in [0.3, 0.4) is 0 Å². The van der Waals surface area contributed by atoms with Gasteiger partial charge in [-0.2, -0.15) is 5.26 Å². The maximum Gasteiger partial charge on any atom is 0.343 e. The van der Waals surface area contributed by atoms with Gasteiger partial charge in [-0.25, -0.2) is 4.79 Å². The molecule has 0 bridgehead atoms. The number of hydrogen-bond donors (Lipinski definition) is 1. The topological polar surface area (TPSA) is 132 Å². The van der Waals surface area contributed by atoms with Crippen LogP contribution in [0.4, 0.5) is 11.4 Å². The first kappa shape index (κ1) is 24.2. The molecule has 0 aliphatic heterocycles. The van der Waals surface area contributed by atoms with Gasteiger partial charge in [0.1, 0.15) is 23.1 Å². The van der Waals surface area contributed by atoms with Gasteiger partial charge in [-0.3, -0.25) is 14.9 Å². The normalized spacial score (nSPS) is 10.7. The van der Waals surface area contributed by atoms with Crippen LogP contribution in [0, 0.1) is 21.4 Å². The van der Waals surface area contributed by atoms with Gasteiger partial charge in [-0.05, 0) is 70.0 Å². The molecule has 0 aromatic heterocycles. The molecule has 3 aromatic rings. The van der Waals surface area contributed by atoms with E-state index in [1.165, 1.54) is 43.5 Å². The highest BCUT2D eigenvalue weighted by atomic mass is 79.9. The van der Waals surface area contributed by atoms with Crippen molar-refractivity contribution in [1.29, 1.82) is 5.26 Å². The summed E-state index contributed by atoms with van der Waals surface area (Å²) in [6.07, 6.45) is 1.36. The quantitative estimate of drug-likeness (QED) is 0.114. The van der Waals surface area contributed by atoms with Crippen molar-refractivity contribution in [2.45, 2.75) is 0 Å². The van der Waals surface area contributed by atoms with Crippen molar-refractivity contribution >= 4 is 45.3 Å². The Morgan fingerprint density at radius 2 is 1.71 bits per heavy atom. The fraction of sp³-hybridized carbons (Fsp3) is 0.0417. The monoisotopic (exact) mass is 521 g/mol. The number of hydrogen-bond acceptors (Lipinski definition) is 7. The van der Waals surface area contributed by atoms with Crippen LogP contribution in [0.15, 0.2) is 76.8 Å². The molecule has 0 aliphatic rings. The van der Waals surface area contributed by atoms with Crippen molar-refractivity contribution in [2.75, 3.05) is 12.4 Å². The lowest BCUT2D eigenvalue weighted by Gasteiger charge is -2.07. The van der Waals surface area contributed by atoms with Crippen molar-refractivity contribution in [3.63, 3.8) is 0 Å². The van der Waals surface area contributed by atoms with E-state index in [4.69, 9.17) is 9.47 Å². The highest BCUT2D eigenvalue weighted by molar-refractivity contribution is 9.10. The van der Waals surface area contributed by atoms with Crippen molar-refractivity contribution in [3.05, 3.63) is 98.0 Å². The molecular weight excluding hydrogens is 506 g/mol. The lowest BCUT2D eigenvalue weighted by atomic mass is 10.1. The zero-order valence-corrected chi connectivity index (χ0v) is 19.2. The third-order valence-corrected chi connectivity index (χ3v) is 5.16. The highest BCUT2D eigenvalue weighted by Gasteiger charge is 2.14. The van der Waals surface area contributed by atoms with E-state index in [1.54, 1.807) is 36.4 Å². The second-order valence-corrected chi connectivity index (χ2v) is 7.59. The van der Waals surface area contributed by atoms with Crippen molar-refractivity contribution in [2.24, 2.45) is 0 Å². The van der Waals surface area contributed by atoms with Crippen LogP contribution in [0.1, 0.15) is 15.9 Å². The van der Waals surface area contributed by atoms with Crippen molar-refractivity contribution in [3.8, 4) is 17.6 Å². The summed E-state index contributed by atoms with van der Waals surface area (Å²) in [6, 6.07) is 18.4. The number of nitrogens with one attached hydrogen (secondary N) is 1. The Morgan fingerprint density at radius 1 is 1.06 bits per heavy atom. The molecule has 0 unspecified atom stereocenters. The van der Waals surface area contributed by atoms with E-state index in [2.05, 4.69) is 21.2 Å². The summed E-state index contributed by atoms with van der Waals surface area (Å²) in [7, 11) is 1.53. The lowest BCUT2D eigenvalue weighted by Crippen LogP contribution is -2.14. The number of methoxy groups -OCH3 is 1. The fourth-order valence-corrected chi connectivity index (χ4v) is 3.21. The van der Waals surface area contributed by atoms with Gasteiger partial charge >= 0.3 is 5.97 Å². The van der Waals surface area contributed by atoms with E-state index >= 15 is 0 Å². The number of nitriles is 1. The number of carbonyl (C=O) groups excluding carboxylic acids is 2. The number of esters is 1. The van der Waals surface area contributed by atoms with Gasteiger partial charge in [0.05, 0.1) is 23.3 Å². The number of halogens is 1. The Morgan fingerprint density at radius 3 is 2.26 bits per heavy atom. The molecule has 1 N–H and O–H groups in total. The Hall–Kier alpha value is -4.49. The third kappa shape index (κ3) is 6.05. The van der Waals surface area contributed by atoms with Gasteiger partial charge in [-0.1, -0.05) is 12.1 Å². The molecule has 3 aromatic carbocycles. The first-order chi connectivity index (χ1) is 16.3. The zero-order chi connectivity index (χ0) is 24.7. The van der Waals surface area contributed by atoms with E-state index in [1.807, 2.05) is 6.07 Å². The molecule has 0 saturated heterocycles. The molecule has 3 rings (SSSR count). The van der Waals surface area contributed by atoms with E-state index in [-0.39, 0.29) is 22.7 Å². The van der Waals surface area contributed by atoms with Gasteiger partial charge in [0, 0.05) is 16.6 Å². The summed E-state index contributed by atoms with van der Waals surface area (Å²) in [5.74, 6) is -0.328. The molecule has 0 atom stereocenters. The summed E-state index contributed by atoms with van der Waals surface area (Å²) >= 11 is 3.16. The average Bonchev–Trinajstić information content (AvgIpc) is 2.84. The first-order valence-corrected chi connectivity index (χ1v) is 10.4. The number of non-ortho nitro benzene ring substituents is 1. The summed E-state index contributed by atoms with van der Waals surface area (Å²) in [5.41, 5.74) is 0.823. The minimum atomic E-state index is -0.688. The maximum atomic E-state index is 12.5. The van der Waals surface area contributed by atoms with Crippen LogP contribution in [0.25, 0.3) is 6.08 Å². The minimum Gasteiger partial charge on any atom is -0.497 e. The highest BCUT2D eigenvalue weighted by Crippen LogP contribution is 2.27. The number of anilines is 1. The number of ether oxygens (including phenoxy) is 2. The second kappa shape index (κ2) is 10.9. The molecular formula is C24H16BrN3O6. The van der Waals surface area contributed by atoms with Crippen LogP contribution in [-0.2, 0) is 4.79 Å². The van der Waals surface area contributed by atoms with Crippen LogP contribution in [0.2, 0.25) is 0 Å². The molecule has 1 amide bonds. The van der Waals surface area contributed by atoms with Crippen LogP contribution >= 0.6 is 15.9 Å². The van der Waals surface area contributed by atoms with Gasteiger partial charge in [0.15, 0.2) is 0 Å². The molecule has 0 radical (unpaired) electrons. The predicted molar refractivity (Wildman–Crippen MR) is 127 cm³/mol. The van der Waals surface area contributed by atoms with E-state index in [0.717, 1.165) is 0 Å². The number of nitro groups is 1. The number of benzene rings is 3. The molecule has 0 spiro atoms. The molecule has 0 fully saturated rings. The number of carbonyl (C=O) groups is 2. The molecule has 9 nitrogen and oxygen atoms in total. The maximum absolute atomic E-state index is 12.5. The number of nitro benzene ring substituents is 1. The van der Waals surface area contributed by atoms with Gasteiger partial charge < -0.3 is 14.8 Å². The third-order valence-electron chi connectivity index (χ3n) is 4.50. The predicted octanol–water partition coefficient (Wildman–Crippen LogP) is 5.13. The number of rotatable bonds is 7. The summed E-state index contributed by atoms with van der Waals surface area (Å²) in [6.45, 7) is 0. The molecule has 0 aliphatic carbocycles. The number of nitrogens with zero attached hydrogens (tertiary/aromatic N) is 2. The standard InChI is InChI=1S/C24H16BrN3O6/c1-33-19-9-4-16(5-10-19)24(30)34-20-7-2-15(3-8-20)12-17(14-26)23(29)27-22-11-6-18(28(31)32)13-21(22)25/h2-13H,1H3,(H,27,29)/b17-12+. The fourth-order valence-electron chi connectivity index (χ4n) is 2.75. The van der Waals surface area contributed by atoms with Crippen molar-refractivity contribution < 1.29 is 24.0 Å². The largest absolute Gasteiger partial charge is 0.497 e. The smallest absolute Gasteiger partial charge is 0.343 e. The van der Waals surface area contributed by atoms with Crippen molar-refractivity contribution in [1.82, 2.24) is 0 Å². The Labute approximate surface area is 202 Å². The van der Waals surface area contributed by atoms with Crippen LogP contribution < -0.4 is 14.8 Å². The first-order valence-electron chi connectivity index (χ1n) is 9.64. The second-order valence-electron chi connectivity index (χ2n) is 6.73. The van der Waals surface area contributed by atoms with E-state index < -0.39 is 16.8 Å². The lowest BCUT2D eigenvalue weighted by molar-refractivity contribution is -0.384. The molecule has 34 heavy (non-hydrogen) atoms. The summed E-state index contributed by atoms with van der Waals surface area (Å²) in [4.78, 5) is 35.0. The Balaban J connectivity index is 1.69. The average molecular weight is 522 g/mol. The van der Waals surface area contributed by atoms with Crippen LogP contribution in [0.5, 0.6) is 11.5 Å². The van der Waals surface area contributed by atoms with E-state index in [9.17, 15) is 25.0 Å². The summed E-state index contributed by atoms with van der Waals surface area (Å²) < 4.78 is 10.7. The Kier molecular flexibility index (Phi) is 7.74. The van der Waals surface area contributed by atoms with Gasteiger partial charge in [0.2, 0.25) is 0 Å². The molecule has 10 heteroatoms. The van der Waals surface area contributed by atoms with Gasteiger partial charge in [0.25, 0.3) is 11.6 Å². The molecule has 0 heterocycles. The summed E-state index contributed by atoms with van der Waals surface area (Å²) in [5, 5.41) is 22.8. The minimum absolute atomic E-state index is 0.145.